The number of hydrogen-bond donors (Lipinski definition) is 1. The van der Waals surface area contributed by atoms with Crippen LogP contribution in [0.3, 0.4) is 0 Å². The van der Waals surface area contributed by atoms with E-state index in [-0.39, 0.29) is 5.41 Å². The zero-order chi connectivity index (χ0) is 20.2. The monoisotopic (exact) mass is 362 g/mol. The van der Waals surface area contributed by atoms with Gasteiger partial charge < -0.3 is 9.84 Å². The summed E-state index contributed by atoms with van der Waals surface area (Å²) >= 11 is 0. The Hall–Kier alpha value is -2.10. The molecule has 0 fully saturated rings. The van der Waals surface area contributed by atoms with Crippen LogP contribution in [0.2, 0.25) is 0 Å². The number of benzene rings is 1. The molecule has 4 nitrogen and oxygen atoms in total. The van der Waals surface area contributed by atoms with Crippen molar-refractivity contribution in [1.29, 1.82) is 0 Å². The zero-order valence-corrected chi connectivity index (χ0v) is 16.8. The molecule has 0 heterocycles. The zero-order valence-electron chi connectivity index (χ0n) is 16.8. The van der Waals surface area contributed by atoms with E-state index in [9.17, 15) is 14.7 Å². The fraction of sp³-hybridized carbons (Fsp3) is 0.545. The van der Waals surface area contributed by atoms with Crippen LogP contribution in [0.5, 0.6) is 0 Å². The Labute approximate surface area is 158 Å². The number of carboxylic acid groups (broad SMARTS) is 1. The molecule has 26 heavy (non-hydrogen) atoms. The van der Waals surface area contributed by atoms with Gasteiger partial charge in [0.25, 0.3) is 0 Å². The molecule has 1 aromatic rings. The van der Waals surface area contributed by atoms with Gasteiger partial charge in [-0.25, -0.2) is 0 Å². The third kappa shape index (κ3) is 10.0. The second kappa shape index (κ2) is 12.3. The Morgan fingerprint density at radius 2 is 1.77 bits per heavy atom. The van der Waals surface area contributed by atoms with E-state index in [4.69, 9.17) is 4.74 Å². The third-order valence-electron chi connectivity index (χ3n) is 3.94. The average molecular weight is 363 g/mol. The van der Waals surface area contributed by atoms with Gasteiger partial charge in [-0.05, 0) is 30.2 Å². The highest BCUT2D eigenvalue weighted by molar-refractivity contribution is 5.72. The number of carboxylic acids is 1. The predicted octanol–water partition coefficient (Wildman–Crippen LogP) is 5.27. The lowest BCUT2D eigenvalue weighted by Crippen LogP contribution is -2.35. The maximum absolute atomic E-state index is 11.7. The van der Waals surface area contributed by atoms with Crippen molar-refractivity contribution in [3.05, 3.63) is 48.6 Å². The van der Waals surface area contributed by atoms with Crippen LogP contribution in [0.25, 0.3) is 0 Å². The minimum Gasteiger partial charge on any atom is -0.481 e. The molecule has 0 aromatic heterocycles. The Morgan fingerprint density at radius 3 is 2.19 bits per heavy atom. The van der Waals surface area contributed by atoms with Crippen molar-refractivity contribution in [2.75, 3.05) is 0 Å². The minimum absolute atomic E-state index is 0.339. The van der Waals surface area contributed by atoms with Gasteiger partial charge in [-0.3, -0.25) is 9.59 Å². The maximum atomic E-state index is 11.7. The fourth-order valence-corrected chi connectivity index (χ4v) is 2.54. The maximum Gasteiger partial charge on any atom is 0.310 e. The molecule has 1 N–H and O–H groups in total. The first-order valence-electron chi connectivity index (χ1n) is 9.24. The van der Waals surface area contributed by atoms with Crippen molar-refractivity contribution in [1.82, 2.24) is 0 Å². The largest absolute Gasteiger partial charge is 0.481 e. The fourth-order valence-electron chi connectivity index (χ4n) is 2.54. The lowest BCUT2D eigenvalue weighted by molar-refractivity contribution is -0.158. The van der Waals surface area contributed by atoms with Gasteiger partial charge in [-0.2, -0.15) is 0 Å². The van der Waals surface area contributed by atoms with Crippen molar-refractivity contribution in [3.8, 4) is 0 Å². The topological polar surface area (TPSA) is 63.6 Å². The molecule has 0 aliphatic heterocycles. The predicted molar refractivity (Wildman–Crippen MR) is 106 cm³/mol. The van der Waals surface area contributed by atoms with E-state index in [0.717, 1.165) is 5.56 Å². The molecule has 0 aliphatic rings. The molecular weight excluding hydrogens is 328 g/mol. The summed E-state index contributed by atoms with van der Waals surface area (Å²) in [6.07, 6.45) is 3.86. The quantitative estimate of drug-likeness (QED) is 0.480. The molecule has 0 amide bonds. The second-order valence-corrected chi connectivity index (χ2v) is 7.22. The van der Waals surface area contributed by atoms with Gasteiger partial charge in [0.15, 0.2) is 0 Å². The van der Waals surface area contributed by atoms with Crippen LogP contribution in [0.4, 0.5) is 0 Å². The third-order valence-corrected chi connectivity index (χ3v) is 3.94. The molecule has 0 radical (unpaired) electrons. The van der Waals surface area contributed by atoms with Gasteiger partial charge in [0.05, 0.1) is 5.92 Å². The van der Waals surface area contributed by atoms with Crippen molar-refractivity contribution in [3.63, 3.8) is 0 Å². The Morgan fingerprint density at radius 1 is 1.23 bits per heavy atom. The van der Waals surface area contributed by atoms with E-state index >= 15 is 0 Å². The lowest BCUT2D eigenvalue weighted by Gasteiger charge is -2.29. The van der Waals surface area contributed by atoms with Crippen molar-refractivity contribution < 1.29 is 19.4 Å². The summed E-state index contributed by atoms with van der Waals surface area (Å²) in [5, 5.41) is 9.59. The number of ether oxygens (including phenoxy) is 1. The van der Waals surface area contributed by atoms with Crippen LogP contribution in [-0.4, -0.2) is 23.1 Å². The molecule has 2 unspecified atom stereocenters. The summed E-state index contributed by atoms with van der Waals surface area (Å²) in [5.74, 6) is -2.15. The Bertz CT molecular complexity index is 549. The van der Waals surface area contributed by atoms with Gasteiger partial charge in [0.1, 0.15) is 6.10 Å². The minimum atomic E-state index is -0.945. The number of esters is 1. The van der Waals surface area contributed by atoms with Gasteiger partial charge in [0.2, 0.25) is 0 Å². The molecule has 4 heteroatoms. The summed E-state index contributed by atoms with van der Waals surface area (Å²) in [7, 11) is 0. The van der Waals surface area contributed by atoms with Crippen molar-refractivity contribution in [2.24, 2.45) is 11.3 Å². The van der Waals surface area contributed by atoms with Crippen LogP contribution in [0, 0.1) is 11.3 Å². The number of aryl methyl sites for hydroxylation is 1. The highest BCUT2D eigenvalue weighted by Crippen LogP contribution is 2.31. The highest BCUT2D eigenvalue weighted by Gasteiger charge is 2.34. The first kappa shape index (κ1) is 23.9. The van der Waals surface area contributed by atoms with Gasteiger partial charge >= 0.3 is 11.9 Å². The van der Waals surface area contributed by atoms with Crippen LogP contribution in [0.15, 0.2) is 43.0 Å². The highest BCUT2D eigenvalue weighted by atomic mass is 16.5. The number of carbonyl (C=O) groups is 2. The summed E-state index contributed by atoms with van der Waals surface area (Å²) in [4.78, 5) is 23.1. The standard InChI is InChI=1S/C19H26O4.C3H8/c1-5-19(3,4)13-16(18(21)22)17(23-14(2)20)12-11-15-9-7-6-8-10-15;1-3-2/h5-10,16-17H,1,11-13H2,2-4H3,(H,21,22);3H2,1-2H3. The second-order valence-electron chi connectivity index (χ2n) is 7.22. The smallest absolute Gasteiger partial charge is 0.310 e. The summed E-state index contributed by atoms with van der Waals surface area (Å²) in [6, 6.07) is 9.76. The molecule has 0 saturated carbocycles. The SMILES string of the molecule is C=CC(C)(C)CC(C(=O)O)C(CCc1ccccc1)OC(C)=O.CCC. The van der Waals surface area contributed by atoms with Crippen LogP contribution < -0.4 is 0 Å². The Balaban J connectivity index is 0.00000194. The molecule has 0 bridgehead atoms. The average Bonchev–Trinajstić information content (AvgIpc) is 2.58. The van der Waals surface area contributed by atoms with Crippen LogP contribution in [0.1, 0.15) is 59.4 Å². The normalized spacial score (nSPS) is 13.0. The Kier molecular flexibility index (Phi) is 11.3. The van der Waals surface area contributed by atoms with Crippen LogP contribution >= 0.6 is 0 Å². The molecule has 1 aromatic carbocycles. The first-order valence-corrected chi connectivity index (χ1v) is 9.24. The van der Waals surface area contributed by atoms with E-state index in [1.54, 1.807) is 6.08 Å². The van der Waals surface area contributed by atoms with Gasteiger partial charge in [-0.1, -0.05) is 70.5 Å². The molecule has 0 aliphatic carbocycles. The van der Waals surface area contributed by atoms with Crippen LogP contribution in [-0.2, 0) is 20.7 Å². The number of hydrogen-bond acceptors (Lipinski definition) is 3. The molecule has 2 atom stereocenters. The van der Waals surface area contributed by atoms with Gasteiger partial charge in [0, 0.05) is 6.92 Å². The molecular formula is C22H34O4. The number of allylic oxidation sites excluding steroid dienone is 1. The van der Waals surface area contributed by atoms with E-state index in [1.165, 1.54) is 13.3 Å². The summed E-state index contributed by atoms with van der Waals surface area (Å²) < 4.78 is 5.33. The molecule has 0 saturated heterocycles. The number of rotatable bonds is 9. The summed E-state index contributed by atoms with van der Waals surface area (Å²) in [5.41, 5.74) is 0.755. The molecule has 0 spiro atoms. The molecule has 146 valence electrons. The number of carbonyl (C=O) groups excluding carboxylic acids is 1. The summed E-state index contributed by atoms with van der Waals surface area (Å²) in [6.45, 7) is 13.2. The van der Waals surface area contributed by atoms with Crippen molar-refractivity contribution in [2.45, 2.75) is 66.4 Å². The lowest BCUT2D eigenvalue weighted by atomic mass is 9.79. The van der Waals surface area contributed by atoms with Gasteiger partial charge in [-0.15, -0.1) is 6.58 Å². The van der Waals surface area contributed by atoms with Crippen molar-refractivity contribution >= 4 is 11.9 Å². The van der Waals surface area contributed by atoms with E-state index in [0.29, 0.717) is 19.3 Å². The van der Waals surface area contributed by atoms with E-state index in [2.05, 4.69) is 20.4 Å². The van der Waals surface area contributed by atoms with E-state index < -0.39 is 24.0 Å². The number of aliphatic carboxylic acids is 1. The first-order chi connectivity index (χ1) is 12.2. The van der Waals surface area contributed by atoms with E-state index in [1.807, 2.05) is 44.2 Å². The molecule has 1 rings (SSSR count).